The van der Waals surface area contributed by atoms with Gasteiger partial charge in [-0.1, -0.05) is 13.8 Å². The molecule has 0 spiro atoms. The lowest BCUT2D eigenvalue weighted by atomic mass is 10.0. The molecular formula is C20H30N6O7. The Labute approximate surface area is 190 Å². The van der Waals surface area contributed by atoms with Crippen LogP contribution in [0.25, 0.3) is 0 Å². The first-order valence-electron chi connectivity index (χ1n) is 10.6. The summed E-state index contributed by atoms with van der Waals surface area (Å²) in [6.07, 6.45) is 3.42. The second kappa shape index (κ2) is 11.4. The molecule has 1 aromatic heterocycles. The summed E-state index contributed by atoms with van der Waals surface area (Å²) in [4.78, 5) is 68.7. The Morgan fingerprint density at radius 3 is 2.48 bits per heavy atom. The van der Waals surface area contributed by atoms with E-state index in [9.17, 15) is 24.0 Å². The van der Waals surface area contributed by atoms with Crippen molar-refractivity contribution in [2.75, 3.05) is 6.54 Å². The molecule has 13 heteroatoms. The van der Waals surface area contributed by atoms with Crippen molar-refractivity contribution in [1.82, 2.24) is 25.5 Å². The van der Waals surface area contributed by atoms with Gasteiger partial charge in [-0.2, -0.15) is 0 Å². The van der Waals surface area contributed by atoms with Gasteiger partial charge in [0.05, 0.1) is 18.8 Å². The van der Waals surface area contributed by atoms with Crippen LogP contribution in [-0.4, -0.2) is 85.5 Å². The number of rotatable bonds is 11. The number of nitrogens with one attached hydrogen (secondary N) is 3. The molecule has 0 bridgehead atoms. The minimum Gasteiger partial charge on any atom is -0.481 e. The fourth-order valence-electron chi connectivity index (χ4n) is 3.66. The van der Waals surface area contributed by atoms with Gasteiger partial charge in [0.25, 0.3) is 0 Å². The molecule has 7 N–H and O–H groups in total. The van der Waals surface area contributed by atoms with Crippen molar-refractivity contribution in [2.24, 2.45) is 11.7 Å². The number of aromatic amines is 1. The summed E-state index contributed by atoms with van der Waals surface area (Å²) in [5.74, 6) is -5.10. The molecule has 1 fully saturated rings. The molecule has 3 amide bonds. The quantitative estimate of drug-likeness (QED) is 0.223. The first-order chi connectivity index (χ1) is 15.5. The van der Waals surface area contributed by atoms with Gasteiger partial charge >= 0.3 is 11.9 Å². The van der Waals surface area contributed by atoms with Crippen LogP contribution in [0.5, 0.6) is 0 Å². The van der Waals surface area contributed by atoms with Crippen LogP contribution in [-0.2, 0) is 30.4 Å². The van der Waals surface area contributed by atoms with Crippen molar-refractivity contribution in [3.05, 3.63) is 18.2 Å². The van der Waals surface area contributed by atoms with E-state index in [0.29, 0.717) is 25.1 Å². The molecule has 0 aliphatic carbocycles. The summed E-state index contributed by atoms with van der Waals surface area (Å²) >= 11 is 0. The Balaban J connectivity index is 2.05. The van der Waals surface area contributed by atoms with E-state index in [1.165, 1.54) is 11.2 Å². The SMILES string of the molecule is CC(C)C(NC(=O)C1CCCN1C(=O)C(N)Cc1cnc[nH]1)C(=O)NC(CC(=O)O)C(=O)O. The Morgan fingerprint density at radius 1 is 1.24 bits per heavy atom. The third kappa shape index (κ3) is 7.00. The van der Waals surface area contributed by atoms with Crippen LogP contribution >= 0.6 is 0 Å². The molecular weight excluding hydrogens is 436 g/mol. The van der Waals surface area contributed by atoms with Gasteiger partial charge in [0.1, 0.15) is 18.1 Å². The normalized spacial score (nSPS) is 18.4. The van der Waals surface area contributed by atoms with Crippen molar-refractivity contribution in [2.45, 2.75) is 63.7 Å². The van der Waals surface area contributed by atoms with Gasteiger partial charge in [-0.15, -0.1) is 0 Å². The van der Waals surface area contributed by atoms with Crippen molar-refractivity contribution < 1.29 is 34.2 Å². The fraction of sp³-hybridized carbons (Fsp3) is 0.600. The van der Waals surface area contributed by atoms with Crippen LogP contribution in [0.4, 0.5) is 0 Å². The lowest BCUT2D eigenvalue weighted by Crippen LogP contribution is -2.58. The topological polar surface area (TPSA) is 208 Å². The first kappa shape index (κ1) is 25.8. The van der Waals surface area contributed by atoms with Gasteiger partial charge < -0.3 is 36.5 Å². The minimum atomic E-state index is -1.64. The average Bonchev–Trinajstić information content (AvgIpc) is 3.41. The summed E-state index contributed by atoms with van der Waals surface area (Å²) in [6, 6.07) is -4.47. The van der Waals surface area contributed by atoms with Crippen LogP contribution in [0.3, 0.4) is 0 Å². The van der Waals surface area contributed by atoms with Gasteiger partial charge in [-0.05, 0) is 18.8 Å². The molecule has 33 heavy (non-hydrogen) atoms. The number of imidazole rings is 1. The number of nitrogens with two attached hydrogens (primary N) is 1. The van der Waals surface area contributed by atoms with Crippen LogP contribution in [0.2, 0.25) is 0 Å². The first-order valence-corrected chi connectivity index (χ1v) is 10.6. The van der Waals surface area contributed by atoms with E-state index in [0.717, 1.165) is 0 Å². The number of aromatic nitrogens is 2. The number of carbonyl (C=O) groups is 5. The van der Waals surface area contributed by atoms with E-state index in [1.807, 2.05) is 0 Å². The zero-order chi connectivity index (χ0) is 24.7. The number of amides is 3. The Hall–Kier alpha value is -3.48. The molecule has 13 nitrogen and oxygen atoms in total. The van der Waals surface area contributed by atoms with Crippen LogP contribution in [0.1, 0.15) is 38.8 Å². The summed E-state index contributed by atoms with van der Waals surface area (Å²) < 4.78 is 0. The average molecular weight is 466 g/mol. The predicted octanol–water partition coefficient (Wildman–Crippen LogP) is -1.54. The number of hydrogen-bond donors (Lipinski definition) is 6. The minimum absolute atomic E-state index is 0.223. The molecule has 182 valence electrons. The van der Waals surface area contributed by atoms with Crippen LogP contribution in [0.15, 0.2) is 12.5 Å². The summed E-state index contributed by atoms with van der Waals surface area (Å²) in [5.41, 5.74) is 6.72. The number of likely N-dealkylation sites (tertiary alicyclic amines) is 1. The Bertz CT molecular complexity index is 872. The molecule has 0 saturated carbocycles. The third-order valence-corrected chi connectivity index (χ3v) is 5.39. The number of aliphatic carboxylic acids is 2. The molecule has 1 aliphatic rings. The van der Waals surface area contributed by atoms with Crippen molar-refractivity contribution in [1.29, 1.82) is 0 Å². The molecule has 4 atom stereocenters. The van der Waals surface area contributed by atoms with E-state index in [1.54, 1.807) is 20.0 Å². The maximum Gasteiger partial charge on any atom is 0.326 e. The number of carboxylic acids is 2. The largest absolute Gasteiger partial charge is 0.481 e. The molecule has 0 aromatic carbocycles. The van der Waals surface area contributed by atoms with Gasteiger partial charge in [0.15, 0.2) is 0 Å². The van der Waals surface area contributed by atoms with E-state index in [-0.39, 0.29) is 6.42 Å². The second-order valence-electron chi connectivity index (χ2n) is 8.30. The molecule has 1 aliphatic heterocycles. The summed E-state index contributed by atoms with van der Waals surface area (Å²) in [5, 5.41) is 22.8. The van der Waals surface area contributed by atoms with Gasteiger partial charge in [-0.25, -0.2) is 9.78 Å². The van der Waals surface area contributed by atoms with Gasteiger partial charge in [-0.3, -0.25) is 19.2 Å². The highest BCUT2D eigenvalue weighted by Gasteiger charge is 2.38. The maximum atomic E-state index is 13.0. The lowest BCUT2D eigenvalue weighted by Gasteiger charge is -2.29. The summed E-state index contributed by atoms with van der Waals surface area (Å²) in [6.45, 7) is 3.64. The molecule has 0 radical (unpaired) electrons. The molecule has 4 unspecified atom stereocenters. The highest BCUT2D eigenvalue weighted by molar-refractivity contribution is 5.95. The number of hydrogen-bond acceptors (Lipinski definition) is 7. The Kier molecular flexibility index (Phi) is 8.91. The smallest absolute Gasteiger partial charge is 0.326 e. The lowest BCUT2D eigenvalue weighted by molar-refractivity contribution is -0.147. The monoisotopic (exact) mass is 466 g/mol. The molecule has 2 heterocycles. The van der Waals surface area contributed by atoms with Gasteiger partial charge in [0, 0.05) is 24.9 Å². The van der Waals surface area contributed by atoms with Crippen molar-refractivity contribution in [3.8, 4) is 0 Å². The maximum absolute atomic E-state index is 13.0. The second-order valence-corrected chi connectivity index (χ2v) is 8.30. The predicted molar refractivity (Wildman–Crippen MR) is 114 cm³/mol. The van der Waals surface area contributed by atoms with Crippen LogP contribution in [0, 0.1) is 5.92 Å². The van der Waals surface area contributed by atoms with E-state index >= 15 is 0 Å². The van der Waals surface area contributed by atoms with E-state index < -0.39 is 66.2 Å². The highest BCUT2D eigenvalue weighted by Crippen LogP contribution is 2.20. The molecule has 2 rings (SSSR count). The fourth-order valence-corrected chi connectivity index (χ4v) is 3.66. The molecule has 1 aromatic rings. The third-order valence-electron chi connectivity index (χ3n) is 5.39. The molecule has 1 saturated heterocycles. The number of H-pyrrole nitrogens is 1. The van der Waals surface area contributed by atoms with Crippen molar-refractivity contribution >= 4 is 29.7 Å². The number of carbonyl (C=O) groups excluding carboxylic acids is 3. The Morgan fingerprint density at radius 2 is 1.94 bits per heavy atom. The standard InChI is InChI=1S/C20H30N6O7/c1-10(2)16(18(30)24-13(20(32)33)7-15(27)28)25-17(29)14-4-3-5-26(14)19(31)12(21)6-11-8-22-9-23-11/h8-10,12-14,16H,3-7,21H2,1-2H3,(H,22,23)(H,24,30)(H,25,29)(H,27,28)(H,32,33). The highest BCUT2D eigenvalue weighted by atomic mass is 16.4. The number of nitrogens with zero attached hydrogens (tertiary/aromatic N) is 2. The van der Waals surface area contributed by atoms with E-state index in [4.69, 9.17) is 15.9 Å². The zero-order valence-electron chi connectivity index (χ0n) is 18.5. The number of carboxylic acid groups (broad SMARTS) is 2. The van der Waals surface area contributed by atoms with Crippen molar-refractivity contribution in [3.63, 3.8) is 0 Å². The van der Waals surface area contributed by atoms with Gasteiger partial charge in [0.2, 0.25) is 17.7 Å². The zero-order valence-corrected chi connectivity index (χ0v) is 18.5. The van der Waals surface area contributed by atoms with Crippen LogP contribution < -0.4 is 16.4 Å². The summed E-state index contributed by atoms with van der Waals surface area (Å²) in [7, 11) is 0. The van der Waals surface area contributed by atoms with E-state index in [2.05, 4.69) is 20.6 Å².